The average Bonchev–Trinajstić information content (AvgIpc) is 3.20. The Kier molecular flexibility index (Phi) is 5.94. The molecule has 2 amide bonds. The van der Waals surface area contributed by atoms with E-state index in [0.29, 0.717) is 22.8 Å². The molecule has 0 spiro atoms. The van der Waals surface area contributed by atoms with E-state index in [1.54, 1.807) is 38.2 Å². The number of imide groups is 1. The van der Waals surface area contributed by atoms with Gasteiger partial charge in [-0.3, -0.25) is 14.5 Å². The fourth-order valence-corrected chi connectivity index (χ4v) is 4.71. The van der Waals surface area contributed by atoms with Gasteiger partial charge in [0.1, 0.15) is 17.9 Å². The summed E-state index contributed by atoms with van der Waals surface area (Å²) in [6, 6.07) is 3.01. The molecule has 0 bridgehead atoms. The van der Waals surface area contributed by atoms with Crippen LogP contribution in [0, 0.1) is 11.8 Å². The number of nitrogens with two attached hydrogens (primary N) is 1. The van der Waals surface area contributed by atoms with E-state index in [0.717, 1.165) is 0 Å². The van der Waals surface area contributed by atoms with Crippen LogP contribution in [-0.4, -0.2) is 62.7 Å². The molecule has 30 heavy (non-hydrogen) atoms. The quantitative estimate of drug-likeness (QED) is 0.497. The largest absolute Gasteiger partial charge is 0.493 e. The summed E-state index contributed by atoms with van der Waals surface area (Å²) in [5.74, 6) is -1.34. The molecule has 1 aromatic carbocycles. The smallest absolute Gasteiger partial charge is 0.368 e. The molecule has 2 aliphatic heterocycles. The SMILES string of the molecule is CCOC(=O)[C@]1(C)[NH2+][C@@H](c2cc(OC)c(OC)c(OC)c2)[C@@H]2C(=O)N(CC)C(=O)[C@H]21. The second kappa shape index (κ2) is 8.14. The predicted octanol–water partition coefficient (Wildman–Crippen LogP) is 0.273. The van der Waals surface area contributed by atoms with E-state index >= 15 is 0 Å². The van der Waals surface area contributed by atoms with Gasteiger partial charge < -0.3 is 24.3 Å². The van der Waals surface area contributed by atoms with E-state index in [2.05, 4.69) is 0 Å². The van der Waals surface area contributed by atoms with Crippen molar-refractivity contribution >= 4 is 17.8 Å². The van der Waals surface area contributed by atoms with Crippen molar-refractivity contribution in [3.63, 3.8) is 0 Å². The van der Waals surface area contributed by atoms with Crippen LogP contribution in [-0.2, 0) is 19.1 Å². The van der Waals surface area contributed by atoms with E-state index in [-0.39, 0.29) is 25.0 Å². The average molecular weight is 421 g/mol. The number of amides is 2. The number of quaternary nitrogens is 1. The van der Waals surface area contributed by atoms with Crippen molar-refractivity contribution in [2.45, 2.75) is 32.4 Å². The predicted molar refractivity (Wildman–Crippen MR) is 105 cm³/mol. The standard InChI is InChI=1S/C21H28N2O7/c1-7-23-18(24)14-15(19(23)25)21(3,20(26)30-8-2)22-16(14)11-9-12(27-4)17(29-6)13(10-11)28-5/h9-10,14-16,22H,7-8H2,1-6H3/p+1/t14-,15+,16+,21-/m1/s1. The van der Waals surface area contributed by atoms with Gasteiger partial charge in [0.05, 0.1) is 27.9 Å². The van der Waals surface area contributed by atoms with E-state index < -0.39 is 29.4 Å². The number of likely N-dealkylation sites (tertiary alicyclic amines) is 1. The van der Waals surface area contributed by atoms with Crippen LogP contribution in [0.15, 0.2) is 12.1 Å². The van der Waals surface area contributed by atoms with E-state index in [1.165, 1.54) is 26.2 Å². The van der Waals surface area contributed by atoms with Gasteiger partial charge in [0.2, 0.25) is 23.1 Å². The summed E-state index contributed by atoms with van der Waals surface area (Å²) < 4.78 is 21.6. The molecule has 164 valence electrons. The Hall–Kier alpha value is -2.81. The maximum absolute atomic E-state index is 13.2. The zero-order chi connectivity index (χ0) is 22.2. The molecular formula is C21H29N2O7+. The molecule has 0 unspecified atom stereocenters. The highest BCUT2D eigenvalue weighted by molar-refractivity contribution is 6.08. The van der Waals surface area contributed by atoms with Crippen LogP contribution in [0.3, 0.4) is 0 Å². The van der Waals surface area contributed by atoms with Crippen molar-refractivity contribution in [1.29, 1.82) is 0 Å². The molecule has 2 heterocycles. The first-order chi connectivity index (χ1) is 14.3. The Morgan fingerprint density at radius 3 is 2.13 bits per heavy atom. The molecule has 1 aromatic rings. The second-order valence-corrected chi connectivity index (χ2v) is 7.58. The van der Waals surface area contributed by atoms with Gasteiger partial charge in [-0.1, -0.05) is 0 Å². The van der Waals surface area contributed by atoms with E-state index in [9.17, 15) is 14.4 Å². The minimum Gasteiger partial charge on any atom is -0.493 e. The van der Waals surface area contributed by atoms with Crippen molar-refractivity contribution in [2.75, 3.05) is 34.5 Å². The number of hydrogen-bond donors (Lipinski definition) is 1. The van der Waals surface area contributed by atoms with Crippen LogP contribution < -0.4 is 19.5 Å². The Balaban J connectivity index is 2.15. The van der Waals surface area contributed by atoms with Crippen LogP contribution in [0.2, 0.25) is 0 Å². The first-order valence-electron chi connectivity index (χ1n) is 9.97. The molecule has 0 aliphatic carbocycles. The first-order valence-corrected chi connectivity index (χ1v) is 9.97. The maximum Gasteiger partial charge on any atom is 0.368 e. The lowest BCUT2D eigenvalue weighted by Crippen LogP contribution is -2.97. The molecule has 9 heteroatoms. The van der Waals surface area contributed by atoms with Gasteiger partial charge in [-0.05, 0) is 26.0 Å². The summed E-state index contributed by atoms with van der Waals surface area (Å²) in [4.78, 5) is 40.3. The van der Waals surface area contributed by atoms with Crippen LogP contribution in [0.5, 0.6) is 17.2 Å². The van der Waals surface area contributed by atoms with Gasteiger partial charge in [-0.15, -0.1) is 0 Å². The molecule has 3 rings (SSSR count). The van der Waals surface area contributed by atoms with Crippen molar-refractivity contribution in [3.05, 3.63) is 17.7 Å². The summed E-state index contributed by atoms with van der Waals surface area (Å²) in [6.07, 6.45) is 0. The number of carbonyl (C=O) groups is 3. The zero-order valence-corrected chi connectivity index (χ0v) is 18.2. The van der Waals surface area contributed by atoms with Crippen LogP contribution >= 0.6 is 0 Å². The third kappa shape index (κ3) is 3.08. The lowest BCUT2D eigenvalue weighted by atomic mass is 9.80. The van der Waals surface area contributed by atoms with Crippen LogP contribution in [0.4, 0.5) is 0 Å². The van der Waals surface area contributed by atoms with Gasteiger partial charge in [-0.25, -0.2) is 4.79 Å². The molecule has 9 nitrogen and oxygen atoms in total. The maximum atomic E-state index is 13.2. The molecule has 0 radical (unpaired) electrons. The Bertz CT molecular complexity index is 846. The number of carbonyl (C=O) groups excluding carboxylic acids is 3. The highest BCUT2D eigenvalue weighted by Gasteiger charge is 2.70. The fraction of sp³-hybridized carbons (Fsp3) is 0.571. The normalized spacial score (nSPS) is 27.8. The number of benzene rings is 1. The third-order valence-corrected chi connectivity index (χ3v) is 6.10. The Morgan fingerprint density at radius 1 is 1.07 bits per heavy atom. The van der Waals surface area contributed by atoms with Crippen molar-refractivity contribution in [3.8, 4) is 17.2 Å². The van der Waals surface area contributed by atoms with Gasteiger partial charge >= 0.3 is 5.97 Å². The summed E-state index contributed by atoms with van der Waals surface area (Å²) >= 11 is 0. The lowest BCUT2D eigenvalue weighted by Gasteiger charge is -2.26. The number of nitrogens with zero attached hydrogens (tertiary/aromatic N) is 1. The monoisotopic (exact) mass is 421 g/mol. The highest BCUT2D eigenvalue weighted by atomic mass is 16.5. The molecule has 2 saturated heterocycles. The summed E-state index contributed by atoms with van der Waals surface area (Å²) in [7, 11) is 4.52. The van der Waals surface area contributed by atoms with Crippen LogP contribution in [0.1, 0.15) is 32.4 Å². The van der Waals surface area contributed by atoms with E-state index in [4.69, 9.17) is 18.9 Å². The van der Waals surface area contributed by atoms with E-state index in [1.807, 2.05) is 0 Å². The minimum absolute atomic E-state index is 0.189. The van der Waals surface area contributed by atoms with Gasteiger partial charge in [0, 0.05) is 19.0 Å². The molecule has 0 aromatic heterocycles. The van der Waals surface area contributed by atoms with Gasteiger partial charge in [0.25, 0.3) is 0 Å². The number of methoxy groups -OCH3 is 3. The number of hydrogen-bond acceptors (Lipinski definition) is 7. The topological polar surface area (TPSA) is 108 Å². The molecule has 2 N–H and O–H groups in total. The second-order valence-electron chi connectivity index (χ2n) is 7.58. The summed E-state index contributed by atoms with van der Waals surface area (Å²) in [6.45, 7) is 5.58. The molecule has 2 fully saturated rings. The molecular weight excluding hydrogens is 392 g/mol. The first kappa shape index (κ1) is 21.9. The number of fused-ring (bicyclic) bond motifs is 1. The zero-order valence-electron chi connectivity index (χ0n) is 18.2. The van der Waals surface area contributed by atoms with Crippen molar-refractivity contribution in [1.82, 2.24) is 4.90 Å². The van der Waals surface area contributed by atoms with Crippen molar-refractivity contribution < 1.29 is 38.6 Å². The number of esters is 1. The number of rotatable bonds is 7. The molecule has 4 atom stereocenters. The molecule has 2 aliphatic rings. The van der Waals surface area contributed by atoms with Gasteiger partial charge in [-0.2, -0.15) is 0 Å². The van der Waals surface area contributed by atoms with Crippen LogP contribution in [0.25, 0.3) is 0 Å². The third-order valence-electron chi connectivity index (χ3n) is 6.10. The summed E-state index contributed by atoms with van der Waals surface area (Å²) in [5, 5.41) is 1.77. The van der Waals surface area contributed by atoms with Crippen molar-refractivity contribution in [2.24, 2.45) is 11.8 Å². The molecule has 0 saturated carbocycles. The summed E-state index contributed by atoms with van der Waals surface area (Å²) in [5.41, 5.74) is -0.519. The minimum atomic E-state index is -1.22. The highest BCUT2D eigenvalue weighted by Crippen LogP contribution is 2.47. The lowest BCUT2D eigenvalue weighted by molar-refractivity contribution is -0.731. The number of ether oxygens (including phenoxy) is 4. The fourth-order valence-electron chi connectivity index (χ4n) is 4.71. The van der Waals surface area contributed by atoms with Gasteiger partial charge in [0.15, 0.2) is 11.5 Å². The Morgan fingerprint density at radius 2 is 1.67 bits per heavy atom. The Labute approximate surface area is 175 Å².